The first-order chi connectivity index (χ1) is 9.29. The molecular formula is C15H23ClN2O. The molecule has 19 heavy (non-hydrogen) atoms. The van der Waals surface area contributed by atoms with Gasteiger partial charge < -0.3 is 15.4 Å². The van der Waals surface area contributed by atoms with E-state index in [1.807, 2.05) is 18.2 Å². The van der Waals surface area contributed by atoms with Crippen LogP contribution >= 0.6 is 11.6 Å². The fourth-order valence-corrected chi connectivity index (χ4v) is 2.71. The van der Waals surface area contributed by atoms with Gasteiger partial charge >= 0.3 is 0 Å². The molecule has 0 saturated carbocycles. The lowest BCUT2D eigenvalue weighted by Gasteiger charge is -2.15. The van der Waals surface area contributed by atoms with Gasteiger partial charge in [0.2, 0.25) is 0 Å². The summed E-state index contributed by atoms with van der Waals surface area (Å²) in [6, 6.07) is 5.77. The van der Waals surface area contributed by atoms with E-state index in [1.165, 1.54) is 25.9 Å². The summed E-state index contributed by atoms with van der Waals surface area (Å²) in [6.07, 6.45) is 4.57. The van der Waals surface area contributed by atoms with Crippen molar-refractivity contribution in [3.05, 3.63) is 28.8 Å². The van der Waals surface area contributed by atoms with Gasteiger partial charge in [-0.25, -0.2) is 0 Å². The first-order valence-corrected chi connectivity index (χ1v) is 7.51. The average molecular weight is 283 g/mol. The lowest BCUT2D eigenvalue weighted by atomic mass is 10.1. The molecule has 1 heterocycles. The Morgan fingerprint density at radius 1 is 1.26 bits per heavy atom. The Hall–Kier alpha value is -0.770. The van der Waals surface area contributed by atoms with Crippen LogP contribution in [0.2, 0.25) is 5.02 Å². The second kappa shape index (κ2) is 7.73. The molecule has 4 heteroatoms. The molecule has 0 spiro atoms. The summed E-state index contributed by atoms with van der Waals surface area (Å²) in [7, 11) is 0. The Bertz CT molecular complexity index is 392. The lowest BCUT2D eigenvalue weighted by molar-refractivity contribution is 0.262. The molecule has 2 N–H and O–H groups in total. The van der Waals surface area contributed by atoms with Gasteiger partial charge in [0.25, 0.3) is 0 Å². The molecule has 0 unspecified atom stereocenters. The minimum atomic E-state index is 0.616. The predicted octanol–water partition coefficient (Wildman–Crippen LogP) is 2.71. The number of halogens is 1. The van der Waals surface area contributed by atoms with E-state index in [4.69, 9.17) is 22.1 Å². The molecule has 0 bridgehead atoms. The molecule has 1 fully saturated rings. The molecule has 1 aliphatic rings. The Morgan fingerprint density at radius 3 is 2.79 bits per heavy atom. The van der Waals surface area contributed by atoms with Gasteiger partial charge in [-0.05, 0) is 69.1 Å². The first-order valence-electron chi connectivity index (χ1n) is 7.13. The van der Waals surface area contributed by atoms with Crippen molar-refractivity contribution in [2.75, 3.05) is 32.8 Å². The third kappa shape index (κ3) is 4.68. The molecule has 1 aromatic rings. The van der Waals surface area contributed by atoms with Crippen molar-refractivity contribution in [1.29, 1.82) is 0 Å². The molecule has 0 radical (unpaired) electrons. The van der Waals surface area contributed by atoms with Crippen LogP contribution in [0.3, 0.4) is 0 Å². The summed E-state index contributed by atoms with van der Waals surface area (Å²) in [5.41, 5.74) is 6.72. The Morgan fingerprint density at radius 2 is 2.05 bits per heavy atom. The lowest BCUT2D eigenvalue weighted by Crippen LogP contribution is -2.22. The second-order valence-electron chi connectivity index (χ2n) is 5.04. The van der Waals surface area contributed by atoms with Crippen LogP contribution in [0.4, 0.5) is 0 Å². The normalized spacial score (nSPS) is 15.9. The number of nitrogens with two attached hydrogens (primary N) is 1. The Kier molecular flexibility index (Phi) is 5.95. The fourth-order valence-electron chi connectivity index (χ4n) is 2.52. The molecule has 0 amide bonds. The summed E-state index contributed by atoms with van der Waals surface area (Å²) in [6.45, 7) is 5.01. The number of rotatable bonds is 7. The maximum atomic E-state index is 6.00. The third-order valence-corrected chi connectivity index (χ3v) is 3.75. The number of hydrogen-bond acceptors (Lipinski definition) is 3. The number of ether oxygens (including phenoxy) is 1. The van der Waals surface area contributed by atoms with Crippen molar-refractivity contribution >= 4 is 11.6 Å². The minimum Gasteiger partial charge on any atom is -0.493 e. The predicted molar refractivity (Wildman–Crippen MR) is 80.0 cm³/mol. The van der Waals surface area contributed by atoms with Crippen LogP contribution in [0.15, 0.2) is 18.2 Å². The zero-order chi connectivity index (χ0) is 13.5. The summed E-state index contributed by atoms with van der Waals surface area (Å²) in [5, 5.41) is 0.743. The SMILES string of the molecule is NCCc1cc(Cl)ccc1OCCCN1CCCC1. The van der Waals surface area contributed by atoms with Crippen LogP contribution < -0.4 is 10.5 Å². The second-order valence-corrected chi connectivity index (χ2v) is 5.48. The number of hydrogen-bond donors (Lipinski definition) is 1. The van der Waals surface area contributed by atoms with Crippen molar-refractivity contribution in [1.82, 2.24) is 4.90 Å². The van der Waals surface area contributed by atoms with Crippen molar-refractivity contribution in [2.24, 2.45) is 5.73 Å². The quantitative estimate of drug-likeness (QED) is 0.782. The van der Waals surface area contributed by atoms with Gasteiger partial charge in [0.15, 0.2) is 0 Å². The van der Waals surface area contributed by atoms with E-state index in [0.717, 1.165) is 42.3 Å². The molecule has 0 aromatic heterocycles. The maximum Gasteiger partial charge on any atom is 0.122 e. The molecule has 3 nitrogen and oxygen atoms in total. The fraction of sp³-hybridized carbons (Fsp3) is 0.600. The van der Waals surface area contributed by atoms with E-state index in [2.05, 4.69) is 4.90 Å². The third-order valence-electron chi connectivity index (χ3n) is 3.51. The van der Waals surface area contributed by atoms with Crippen LogP contribution in [0.1, 0.15) is 24.8 Å². The summed E-state index contributed by atoms with van der Waals surface area (Å²) in [5.74, 6) is 0.927. The highest BCUT2D eigenvalue weighted by atomic mass is 35.5. The van der Waals surface area contributed by atoms with Gasteiger partial charge in [-0.3, -0.25) is 0 Å². The Balaban J connectivity index is 1.77. The van der Waals surface area contributed by atoms with E-state index in [0.29, 0.717) is 6.54 Å². The molecule has 0 atom stereocenters. The number of benzene rings is 1. The van der Waals surface area contributed by atoms with Gasteiger partial charge in [0.05, 0.1) is 6.61 Å². The number of likely N-dealkylation sites (tertiary alicyclic amines) is 1. The average Bonchev–Trinajstić information content (AvgIpc) is 2.90. The van der Waals surface area contributed by atoms with E-state index >= 15 is 0 Å². The van der Waals surface area contributed by atoms with Crippen molar-refractivity contribution < 1.29 is 4.74 Å². The molecular weight excluding hydrogens is 260 g/mol. The largest absolute Gasteiger partial charge is 0.493 e. The van der Waals surface area contributed by atoms with Gasteiger partial charge in [0.1, 0.15) is 5.75 Å². The number of nitrogens with zero attached hydrogens (tertiary/aromatic N) is 1. The highest BCUT2D eigenvalue weighted by Gasteiger charge is 2.10. The first kappa shape index (κ1) is 14.6. The van der Waals surface area contributed by atoms with Crippen molar-refractivity contribution in [3.63, 3.8) is 0 Å². The van der Waals surface area contributed by atoms with E-state index in [-0.39, 0.29) is 0 Å². The van der Waals surface area contributed by atoms with Crippen LogP contribution in [-0.2, 0) is 6.42 Å². The zero-order valence-electron chi connectivity index (χ0n) is 11.4. The van der Waals surface area contributed by atoms with Gasteiger partial charge in [-0.15, -0.1) is 0 Å². The highest BCUT2D eigenvalue weighted by Crippen LogP contribution is 2.23. The topological polar surface area (TPSA) is 38.5 Å². The standard InChI is InChI=1S/C15H23ClN2O/c16-14-4-5-15(13(12-14)6-7-17)19-11-3-10-18-8-1-2-9-18/h4-5,12H,1-3,6-11,17H2. The van der Waals surface area contributed by atoms with Crippen LogP contribution in [-0.4, -0.2) is 37.7 Å². The minimum absolute atomic E-state index is 0.616. The summed E-state index contributed by atoms with van der Waals surface area (Å²) >= 11 is 6.00. The molecule has 2 rings (SSSR count). The molecule has 0 aliphatic carbocycles. The van der Waals surface area contributed by atoms with Crippen LogP contribution in [0.25, 0.3) is 0 Å². The molecule has 1 saturated heterocycles. The highest BCUT2D eigenvalue weighted by molar-refractivity contribution is 6.30. The Labute approximate surface area is 120 Å². The monoisotopic (exact) mass is 282 g/mol. The summed E-state index contributed by atoms with van der Waals surface area (Å²) < 4.78 is 5.86. The van der Waals surface area contributed by atoms with E-state index < -0.39 is 0 Å². The molecule has 1 aromatic carbocycles. The van der Waals surface area contributed by atoms with Crippen LogP contribution in [0, 0.1) is 0 Å². The van der Waals surface area contributed by atoms with Gasteiger partial charge in [0, 0.05) is 11.6 Å². The van der Waals surface area contributed by atoms with E-state index in [1.54, 1.807) is 0 Å². The van der Waals surface area contributed by atoms with Crippen LogP contribution in [0.5, 0.6) is 5.75 Å². The van der Waals surface area contributed by atoms with Crippen molar-refractivity contribution in [2.45, 2.75) is 25.7 Å². The van der Waals surface area contributed by atoms with Gasteiger partial charge in [-0.1, -0.05) is 11.6 Å². The maximum absolute atomic E-state index is 6.00. The van der Waals surface area contributed by atoms with Crippen molar-refractivity contribution in [3.8, 4) is 5.75 Å². The van der Waals surface area contributed by atoms with Gasteiger partial charge in [-0.2, -0.15) is 0 Å². The molecule has 1 aliphatic heterocycles. The smallest absolute Gasteiger partial charge is 0.122 e. The van der Waals surface area contributed by atoms with E-state index in [9.17, 15) is 0 Å². The summed E-state index contributed by atoms with van der Waals surface area (Å²) in [4.78, 5) is 2.51. The zero-order valence-corrected chi connectivity index (χ0v) is 12.2. The molecule has 106 valence electrons.